The monoisotopic (exact) mass is 428 g/mol. The van der Waals surface area contributed by atoms with E-state index in [4.69, 9.17) is 17.4 Å². The highest BCUT2D eigenvalue weighted by molar-refractivity contribution is 7.80. The van der Waals surface area contributed by atoms with Gasteiger partial charge in [0.2, 0.25) is 11.8 Å². The number of likely N-dealkylation sites (N-methyl/N-ethyl adjacent to an activating group) is 1. The molecule has 2 aromatic carbocycles. The number of carbonyl (C=O) groups excluding carboxylic acids is 2. The number of carbonyl (C=O) groups is 2. The third-order valence-corrected chi connectivity index (χ3v) is 5.72. The van der Waals surface area contributed by atoms with E-state index >= 15 is 0 Å². The van der Waals surface area contributed by atoms with E-state index in [0.29, 0.717) is 18.8 Å². The van der Waals surface area contributed by atoms with Gasteiger partial charge in [-0.3, -0.25) is 9.59 Å². The average Bonchev–Trinajstić information content (AvgIpc) is 2.76. The Morgan fingerprint density at radius 3 is 2.17 bits per heavy atom. The van der Waals surface area contributed by atoms with Crippen LogP contribution >= 0.6 is 12.6 Å². The molecular formula is C24H32N2O3S. The van der Waals surface area contributed by atoms with Crippen LogP contribution in [0.1, 0.15) is 36.6 Å². The molecule has 0 aliphatic carbocycles. The molecule has 0 saturated carbocycles. The van der Waals surface area contributed by atoms with Crippen molar-refractivity contribution < 1.29 is 14.3 Å². The summed E-state index contributed by atoms with van der Waals surface area (Å²) in [5, 5.41) is 5.38. The lowest BCUT2D eigenvalue weighted by Gasteiger charge is -2.27. The van der Waals surface area contributed by atoms with E-state index in [0.717, 1.165) is 16.9 Å². The maximum Gasteiger partial charge on any atom is 0.242 e. The third-order valence-electron chi connectivity index (χ3n) is 5.06. The van der Waals surface area contributed by atoms with Crippen molar-refractivity contribution in [2.75, 3.05) is 14.2 Å². The summed E-state index contributed by atoms with van der Waals surface area (Å²) in [6.45, 7) is 4.17. The second-order valence-electron chi connectivity index (χ2n) is 7.82. The van der Waals surface area contributed by atoms with Gasteiger partial charge in [0.25, 0.3) is 0 Å². The topological polar surface area (TPSA) is 67.4 Å². The van der Waals surface area contributed by atoms with Crippen LogP contribution in [0.25, 0.3) is 0 Å². The fourth-order valence-electron chi connectivity index (χ4n) is 3.43. The van der Waals surface area contributed by atoms with Gasteiger partial charge >= 0.3 is 0 Å². The predicted molar refractivity (Wildman–Crippen MR) is 124 cm³/mol. The van der Waals surface area contributed by atoms with Crippen LogP contribution in [0.3, 0.4) is 0 Å². The fourth-order valence-corrected chi connectivity index (χ4v) is 3.86. The molecule has 2 rings (SSSR count). The van der Waals surface area contributed by atoms with Crippen LogP contribution in [-0.2, 0) is 16.0 Å². The minimum atomic E-state index is -0.665. The van der Waals surface area contributed by atoms with Crippen LogP contribution < -0.4 is 15.4 Å². The van der Waals surface area contributed by atoms with E-state index in [1.165, 1.54) is 0 Å². The summed E-state index contributed by atoms with van der Waals surface area (Å²) in [7, 11) is 3.19. The van der Waals surface area contributed by atoms with Crippen LogP contribution in [0.2, 0.25) is 0 Å². The molecule has 0 fully saturated rings. The second kappa shape index (κ2) is 11.6. The summed E-state index contributed by atoms with van der Waals surface area (Å²) in [6, 6.07) is 16.6. The Morgan fingerprint density at radius 2 is 1.63 bits per heavy atom. The number of benzene rings is 2. The van der Waals surface area contributed by atoms with E-state index < -0.39 is 6.04 Å². The number of hydrogen-bond acceptors (Lipinski definition) is 4. The molecule has 3 unspecified atom stereocenters. The molecule has 3 atom stereocenters. The van der Waals surface area contributed by atoms with Gasteiger partial charge in [-0.25, -0.2) is 0 Å². The predicted octanol–water partition coefficient (Wildman–Crippen LogP) is 3.80. The zero-order valence-electron chi connectivity index (χ0n) is 18.1. The van der Waals surface area contributed by atoms with E-state index in [1.54, 1.807) is 14.2 Å². The number of hydrogen-bond donors (Lipinski definition) is 3. The molecule has 0 radical (unpaired) electrons. The number of ether oxygens (including phenoxy) is 1. The molecular weight excluding hydrogens is 396 g/mol. The lowest BCUT2D eigenvalue weighted by atomic mass is 9.89. The van der Waals surface area contributed by atoms with Gasteiger partial charge in [0, 0.05) is 18.7 Å². The normalized spacial score (nSPS) is 13.9. The minimum absolute atomic E-state index is 0.158. The van der Waals surface area contributed by atoms with Gasteiger partial charge < -0.3 is 15.4 Å². The van der Waals surface area contributed by atoms with Crippen molar-refractivity contribution in [2.45, 2.75) is 38.0 Å². The molecule has 2 N–H and O–H groups in total. The van der Waals surface area contributed by atoms with E-state index in [1.807, 2.05) is 54.6 Å². The summed E-state index contributed by atoms with van der Waals surface area (Å²) in [5.74, 6) is 0.336. The van der Waals surface area contributed by atoms with Gasteiger partial charge in [-0.2, -0.15) is 12.6 Å². The van der Waals surface area contributed by atoms with Gasteiger partial charge in [-0.1, -0.05) is 56.3 Å². The van der Waals surface area contributed by atoms with Crippen molar-refractivity contribution in [1.29, 1.82) is 0 Å². The standard InChI is InChI=1S/C24H32N2O3S/c1-16(2)14-20(22(30)18-8-6-5-7-9-18)23(27)26-21(24(28)25-3)15-17-10-12-19(29-4)13-11-17/h5-13,16,20-22,30H,14-15H2,1-4H3,(H,25,28)(H,26,27). The Hall–Kier alpha value is -2.47. The molecule has 0 bridgehead atoms. The molecule has 30 heavy (non-hydrogen) atoms. The lowest BCUT2D eigenvalue weighted by molar-refractivity contribution is -0.131. The smallest absolute Gasteiger partial charge is 0.242 e. The molecule has 0 spiro atoms. The molecule has 2 aromatic rings. The Bertz CT molecular complexity index is 809. The molecule has 162 valence electrons. The maximum atomic E-state index is 13.3. The summed E-state index contributed by atoms with van der Waals surface area (Å²) in [4.78, 5) is 25.7. The summed E-state index contributed by atoms with van der Waals surface area (Å²) in [5.41, 5.74) is 1.93. The fraction of sp³-hybridized carbons (Fsp3) is 0.417. The molecule has 2 amide bonds. The number of methoxy groups -OCH3 is 1. The first kappa shape index (κ1) is 23.8. The molecule has 0 heterocycles. The molecule has 6 heteroatoms. The second-order valence-corrected chi connectivity index (χ2v) is 8.38. The van der Waals surface area contributed by atoms with Crippen molar-refractivity contribution in [3.63, 3.8) is 0 Å². The first-order valence-electron chi connectivity index (χ1n) is 10.2. The van der Waals surface area contributed by atoms with Crippen LogP contribution in [0.15, 0.2) is 54.6 Å². The number of amides is 2. The van der Waals surface area contributed by atoms with E-state index in [-0.39, 0.29) is 23.0 Å². The SMILES string of the molecule is CNC(=O)C(Cc1ccc(OC)cc1)NC(=O)C(CC(C)C)C(S)c1ccccc1. The highest BCUT2D eigenvalue weighted by Crippen LogP contribution is 2.33. The Morgan fingerprint density at radius 1 is 1.00 bits per heavy atom. The third kappa shape index (κ3) is 6.80. The first-order chi connectivity index (χ1) is 14.3. The maximum absolute atomic E-state index is 13.3. The molecule has 0 aliphatic heterocycles. The van der Waals surface area contributed by atoms with Crippen molar-refractivity contribution in [3.05, 3.63) is 65.7 Å². The quantitative estimate of drug-likeness (QED) is 0.504. The zero-order valence-corrected chi connectivity index (χ0v) is 19.0. The zero-order chi connectivity index (χ0) is 22.1. The van der Waals surface area contributed by atoms with Crippen LogP contribution in [0.4, 0.5) is 0 Å². The number of nitrogens with one attached hydrogen (secondary N) is 2. The van der Waals surface area contributed by atoms with Crippen molar-refractivity contribution in [2.24, 2.45) is 11.8 Å². The summed E-state index contributed by atoms with van der Waals surface area (Å²) >= 11 is 4.77. The van der Waals surface area contributed by atoms with Crippen molar-refractivity contribution >= 4 is 24.4 Å². The van der Waals surface area contributed by atoms with Crippen molar-refractivity contribution in [1.82, 2.24) is 10.6 Å². The molecule has 0 aliphatic rings. The Balaban J connectivity index is 2.19. The van der Waals surface area contributed by atoms with Gasteiger partial charge in [0.05, 0.1) is 13.0 Å². The molecule has 0 aromatic heterocycles. The van der Waals surface area contributed by atoms with Gasteiger partial charge in [0.15, 0.2) is 0 Å². The Labute approximate surface area is 185 Å². The lowest BCUT2D eigenvalue weighted by Crippen LogP contribution is -2.49. The van der Waals surface area contributed by atoms with E-state index in [2.05, 4.69) is 24.5 Å². The molecule has 5 nitrogen and oxygen atoms in total. The van der Waals surface area contributed by atoms with Gasteiger partial charge in [-0.05, 0) is 35.6 Å². The summed E-state index contributed by atoms with van der Waals surface area (Å²) < 4.78 is 5.19. The first-order valence-corrected chi connectivity index (χ1v) is 10.7. The highest BCUT2D eigenvalue weighted by Gasteiger charge is 2.31. The van der Waals surface area contributed by atoms with Crippen molar-refractivity contribution in [3.8, 4) is 5.75 Å². The molecule has 0 saturated heterocycles. The average molecular weight is 429 g/mol. The summed E-state index contributed by atoms with van der Waals surface area (Å²) in [6.07, 6.45) is 1.07. The number of rotatable bonds is 10. The van der Waals surface area contributed by atoms with Gasteiger partial charge in [-0.15, -0.1) is 0 Å². The van der Waals surface area contributed by atoms with E-state index in [9.17, 15) is 9.59 Å². The Kier molecular flexibility index (Phi) is 9.24. The van der Waals surface area contributed by atoms with Crippen LogP contribution in [0.5, 0.6) is 5.75 Å². The van der Waals surface area contributed by atoms with Crippen LogP contribution in [0, 0.1) is 11.8 Å². The van der Waals surface area contributed by atoms with Gasteiger partial charge in [0.1, 0.15) is 11.8 Å². The van der Waals surface area contributed by atoms with Crippen LogP contribution in [-0.4, -0.2) is 32.0 Å². The largest absolute Gasteiger partial charge is 0.497 e. The number of thiol groups is 1. The minimum Gasteiger partial charge on any atom is -0.497 e. The highest BCUT2D eigenvalue weighted by atomic mass is 32.1.